The molecule has 0 bridgehead atoms. The van der Waals surface area contributed by atoms with Crippen LogP contribution in [0, 0.1) is 0 Å². The molecule has 1 aromatic carbocycles. The van der Waals surface area contributed by atoms with E-state index in [9.17, 15) is 0 Å². The van der Waals surface area contributed by atoms with Crippen molar-refractivity contribution in [1.82, 2.24) is 0 Å². The van der Waals surface area contributed by atoms with Gasteiger partial charge in [-0.3, -0.25) is 0 Å². The van der Waals surface area contributed by atoms with Crippen LogP contribution in [0.2, 0.25) is 0 Å². The van der Waals surface area contributed by atoms with Crippen LogP contribution in [-0.4, -0.2) is 20.3 Å². The Balaban J connectivity index is 2.04. The molecule has 0 aliphatic carbocycles. The molecule has 0 spiro atoms. The van der Waals surface area contributed by atoms with Crippen LogP contribution in [-0.2, 0) is 0 Å². The quantitative estimate of drug-likeness (QED) is 0.288. The maximum atomic E-state index is 8.10. The molecule has 0 heterocycles. The molecular formula is C13H19N3O2. The van der Waals surface area contributed by atoms with Gasteiger partial charge in [-0.2, -0.15) is 0 Å². The topological polar surface area (TPSA) is 67.2 Å². The zero-order valence-electron chi connectivity index (χ0n) is 10.7. The molecule has 18 heavy (non-hydrogen) atoms. The van der Waals surface area contributed by atoms with Gasteiger partial charge in [0.1, 0.15) is 11.5 Å². The lowest BCUT2D eigenvalue weighted by atomic mass is 10.2. The van der Waals surface area contributed by atoms with Gasteiger partial charge in [-0.15, -0.1) is 0 Å². The smallest absolute Gasteiger partial charge is 0.119 e. The van der Waals surface area contributed by atoms with E-state index >= 15 is 0 Å². The van der Waals surface area contributed by atoms with Gasteiger partial charge in [0.25, 0.3) is 0 Å². The number of hydrogen-bond acceptors (Lipinski definition) is 3. The Labute approximate surface area is 107 Å². The molecule has 0 aromatic heterocycles. The summed E-state index contributed by atoms with van der Waals surface area (Å²) in [6.07, 6.45) is 4.14. The van der Waals surface area contributed by atoms with Crippen LogP contribution in [0.15, 0.2) is 29.4 Å². The number of nitrogens with zero attached hydrogens (tertiary/aromatic N) is 3. The Morgan fingerprint density at radius 3 is 2.39 bits per heavy atom. The molecule has 1 rings (SSSR count). The normalized spacial score (nSPS) is 9.61. The van der Waals surface area contributed by atoms with Gasteiger partial charge in [-0.1, -0.05) is 18.0 Å². The third-order valence-corrected chi connectivity index (χ3v) is 2.54. The molecule has 0 saturated heterocycles. The first-order valence-electron chi connectivity index (χ1n) is 6.14. The van der Waals surface area contributed by atoms with Crippen molar-refractivity contribution in [3.63, 3.8) is 0 Å². The van der Waals surface area contributed by atoms with Crippen LogP contribution in [0.1, 0.15) is 25.7 Å². The number of methoxy groups -OCH3 is 1. The van der Waals surface area contributed by atoms with Crippen LogP contribution in [0.25, 0.3) is 10.4 Å². The van der Waals surface area contributed by atoms with Gasteiger partial charge in [0.15, 0.2) is 0 Å². The molecule has 0 N–H and O–H groups in total. The molecule has 0 atom stereocenters. The minimum atomic E-state index is 0.593. The summed E-state index contributed by atoms with van der Waals surface area (Å²) in [7, 11) is 1.65. The van der Waals surface area contributed by atoms with E-state index in [-0.39, 0.29) is 0 Å². The van der Waals surface area contributed by atoms with Gasteiger partial charge in [-0.05, 0) is 42.6 Å². The SMILES string of the molecule is COc1ccc(OCCCCCCN=[N+]=[N-])cc1. The molecule has 0 aliphatic rings. The molecule has 0 amide bonds. The molecular weight excluding hydrogens is 230 g/mol. The first-order chi connectivity index (χ1) is 8.86. The van der Waals surface area contributed by atoms with E-state index in [0.29, 0.717) is 13.2 Å². The van der Waals surface area contributed by atoms with Gasteiger partial charge >= 0.3 is 0 Å². The highest BCUT2D eigenvalue weighted by molar-refractivity contribution is 5.31. The predicted molar refractivity (Wildman–Crippen MR) is 71.0 cm³/mol. The van der Waals surface area contributed by atoms with E-state index in [1.807, 2.05) is 24.3 Å². The number of benzene rings is 1. The van der Waals surface area contributed by atoms with E-state index in [2.05, 4.69) is 10.0 Å². The van der Waals surface area contributed by atoms with Crippen LogP contribution < -0.4 is 9.47 Å². The molecule has 0 radical (unpaired) electrons. The molecule has 98 valence electrons. The number of unbranched alkanes of at least 4 members (excludes halogenated alkanes) is 3. The van der Waals surface area contributed by atoms with Crippen LogP contribution >= 0.6 is 0 Å². The van der Waals surface area contributed by atoms with Crippen LogP contribution in [0.3, 0.4) is 0 Å². The Hall–Kier alpha value is -1.87. The second-order valence-corrected chi connectivity index (χ2v) is 3.89. The highest BCUT2D eigenvalue weighted by Gasteiger charge is 1.95. The minimum absolute atomic E-state index is 0.593. The van der Waals surface area contributed by atoms with Crippen molar-refractivity contribution >= 4 is 0 Å². The van der Waals surface area contributed by atoms with Gasteiger partial charge < -0.3 is 9.47 Å². The van der Waals surface area contributed by atoms with E-state index < -0.39 is 0 Å². The Bertz CT molecular complexity index is 372. The van der Waals surface area contributed by atoms with Gasteiger partial charge in [0.2, 0.25) is 0 Å². The molecule has 1 aromatic rings. The molecule has 5 heteroatoms. The van der Waals surface area contributed by atoms with Crippen molar-refractivity contribution in [2.24, 2.45) is 5.11 Å². The second-order valence-electron chi connectivity index (χ2n) is 3.89. The average molecular weight is 249 g/mol. The Morgan fingerprint density at radius 1 is 1.06 bits per heavy atom. The number of hydrogen-bond donors (Lipinski definition) is 0. The second kappa shape index (κ2) is 9.19. The maximum Gasteiger partial charge on any atom is 0.119 e. The highest BCUT2D eigenvalue weighted by atomic mass is 16.5. The standard InChI is InChI=1S/C13H19N3O2/c1-17-12-6-8-13(9-7-12)18-11-5-3-2-4-10-15-16-14/h6-9H,2-5,10-11H2,1H3. The van der Waals surface area contributed by atoms with E-state index in [4.69, 9.17) is 15.0 Å². The van der Waals surface area contributed by atoms with Crippen molar-refractivity contribution in [1.29, 1.82) is 0 Å². The van der Waals surface area contributed by atoms with Crippen molar-refractivity contribution in [3.05, 3.63) is 34.7 Å². The Morgan fingerprint density at radius 2 is 1.72 bits per heavy atom. The lowest BCUT2D eigenvalue weighted by molar-refractivity contribution is 0.304. The average Bonchev–Trinajstić information content (AvgIpc) is 2.42. The van der Waals surface area contributed by atoms with Gasteiger partial charge in [0, 0.05) is 11.5 Å². The number of rotatable bonds is 9. The first-order valence-corrected chi connectivity index (χ1v) is 6.14. The fraction of sp³-hybridized carbons (Fsp3) is 0.538. The van der Waals surface area contributed by atoms with Crippen molar-refractivity contribution in [2.75, 3.05) is 20.3 Å². The zero-order chi connectivity index (χ0) is 13.1. The molecule has 5 nitrogen and oxygen atoms in total. The van der Waals surface area contributed by atoms with Gasteiger partial charge in [-0.25, -0.2) is 0 Å². The van der Waals surface area contributed by atoms with E-state index in [1.54, 1.807) is 7.11 Å². The minimum Gasteiger partial charge on any atom is -0.497 e. The van der Waals surface area contributed by atoms with E-state index in [0.717, 1.165) is 37.2 Å². The summed E-state index contributed by atoms with van der Waals surface area (Å²) >= 11 is 0. The monoisotopic (exact) mass is 249 g/mol. The highest BCUT2D eigenvalue weighted by Crippen LogP contribution is 2.17. The fourth-order valence-electron chi connectivity index (χ4n) is 1.54. The largest absolute Gasteiger partial charge is 0.497 e. The van der Waals surface area contributed by atoms with Gasteiger partial charge in [0.05, 0.1) is 13.7 Å². The van der Waals surface area contributed by atoms with Crippen LogP contribution in [0.5, 0.6) is 11.5 Å². The summed E-state index contributed by atoms with van der Waals surface area (Å²) in [5.41, 5.74) is 8.10. The lowest BCUT2D eigenvalue weighted by Gasteiger charge is -2.06. The zero-order valence-corrected chi connectivity index (χ0v) is 10.7. The molecule has 0 fully saturated rings. The van der Waals surface area contributed by atoms with E-state index in [1.165, 1.54) is 0 Å². The number of ether oxygens (including phenoxy) is 2. The lowest BCUT2D eigenvalue weighted by Crippen LogP contribution is -1.97. The molecule has 0 aliphatic heterocycles. The summed E-state index contributed by atoms with van der Waals surface area (Å²) in [5.74, 6) is 1.70. The van der Waals surface area contributed by atoms with Crippen molar-refractivity contribution < 1.29 is 9.47 Å². The maximum absolute atomic E-state index is 8.10. The molecule has 0 saturated carbocycles. The summed E-state index contributed by atoms with van der Waals surface area (Å²) in [4.78, 5) is 2.71. The number of azide groups is 1. The van der Waals surface area contributed by atoms with Crippen molar-refractivity contribution in [2.45, 2.75) is 25.7 Å². The van der Waals surface area contributed by atoms with Crippen LogP contribution in [0.4, 0.5) is 0 Å². The molecule has 0 unspecified atom stereocenters. The van der Waals surface area contributed by atoms with Crippen molar-refractivity contribution in [3.8, 4) is 11.5 Å². The first kappa shape index (κ1) is 14.2. The predicted octanol–water partition coefficient (Wildman–Crippen LogP) is 3.94. The fourth-order valence-corrected chi connectivity index (χ4v) is 1.54. The summed E-state index contributed by atoms with van der Waals surface area (Å²) < 4.78 is 10.7. The summed E-state index contributed by atoms with van der Waals surface area (Å²) in [6.45, 7) is 1.31. The third-order valence-electron chi connectivity index (χ3n) is 2.54. The third kappa shape index (κ3) is 6.01. The summed E-state index contributed by atoms with van der Waals surface area (Å²) in [6, 6.07) is 7.57. The Kier molecular flexibility index (Phi) is 7.25. The summed E-state index contributed by atoms with van der Waals surface area (Å²) in [5, 5.41) is 3.49.